The Labute approximate surface area is 213 Å². The molecule has 4 nitrogen and oxygen atoms in total. The third-order valence-electron chi connectivity index (χ3n) is 7.08. The lowest BCUT2D eigenvalue weighted by Crippen LogP contribution is -2.49. The SMILES string of the molecule is CC(C)(O)C(C)(C)OBc1ccc(-c2ccc(-c3nc4ccccc4n3-c3ccccc3)cc2)cc1. The zero-order chi connectivity index (χ0) is 25.3. The van der Waals surface area contributed by atoms with E-state index in [0.717, 1.165) is 44.7 Å². The Kier molecular flexibility index (Phi) is 6.29. The molecule has 0 aliphatic carbocycles. The predicted molar refractivity (Wildman–Crippen MR) is 150 cm³/mol. The number of rotatable bonds is 7. The second-order valence-corrected chi connectivity index (χ2v) is 10.2. The molecule has 0 fully saturated rings. The fraction of sp³-hybridized carbons (Fsp3) is 0.194. The number of aromatic nitrogens is 2. The first-order valence-electron chi connectivity index (χ1n) is 12.3. The summed E-state index contributed by atoms with van der Waals surface area (Å²) in [5.74, 6) is 0.927. The number of hydrogen-bond acceptors (Lipinski definition) is 3. The molecule has 5 aromatic rings. The minimum absolute atomic E-state index is 0.450. The average molecular weight is 474 g/mol. The van der Waals surface area contributed by atoms with Gasteiger partial charge in [-0.1, -0.05) is 84.3 Å². The quantitative estimate of drug-likeness (QED) is 0.299. The Morgan fingerprint density at radius 3 is 1.89 bits per heavy atom. The molecular weight excluding hydrogens is 443 g/mol. The normalized spacial score (nSPS) is 12.1. The minimum atomic E-state index is -0.921. The van der Waals surface area contributed by atoms with E-state index in [1.165, 1.54) is 0 Å². The highest BCUT2D eigenvalue weighted by Gasteiger charge is 2.35. The van der Waals surface area contributed by atoms with Crippen LogP contribution in [-0.4, -0.2) is 33.3 Å². The van der Waals surface area contributed by atoms with Crippen LogP contribution in [0.4, 0.5) is 0 Å². The smallest absolute Gasteiger partial charge is 0.309 e. The van der Waals surface area contributed by atoms with Gasteiger partial charge in [-0.05, 0) is 63.1 Å². The molecule has 0 spiro atoms. The predicted octanol–water partition coefficient (Wildman–Crippen LogP) is 5.90. The van der Waals surface area contributed by atoms with Gasteiger partial charge in [-0.2, -0.15) is 0 Å². The molecule has 0 unspecified atom stereocenters. The molecule has 1 heterocycles. The molecule has 4 aromatic carbocycles. The van der Waals surface area contributed by atoms with Gasteiger partial charge in [-0.25, -0.2) is 4.98 Å². The van der Waals surface area contributed by atoms with Gasteiger partial charge >= 0.3 is 7.48 Å². The summed E-state index contributed by atoms with van der Waals surface area (Å²) in [6.45, 7) is 7.37. The molecule has 1 aromatic heterocycles. The summed E-state index contributed by atoms with van der Waals surface area (Å²) in [4.78, 5) is 4.96. The number of aliphatic hydroxyl groups is 1. The van der Waals surface area contributed by atoms with E-state index >= 15 is 0 Å². The zero-order valence-corrected chi connectivity index (χ0v) is 21.3. The highest BCUT2D eigenvalue weighted by Crippen LogP contribution is 2.30. The summed E-state index contributed by atoms with van der Waals surface area (Å²) < 4.78 is 8.22. The molecule has 5 heteroatoms. The molecule has 1 N–H and O–H groups in total. The van der Waals surface area contributed by atoms with Crippen LogP contribution in [-0.2, 0) is 4.65 Å². The highest BCUT2D eigenvalue weighted by molar-refractivity contribution is 6.47. The maximum atomic E-state index is 10.3. The van der Waals surface area contributed by atoms with Gasteiger partial charge in [-0.3, -0.25) is 4.57 Å². The lowest BCUT2D eigenvalue weighted by molar-refractivity contribution is -0.0893. The van der Waals surface area contributed by atoms with Crippen LogP contribution in [0.15, 0.2) is 103 Å². The number of benzene rings is 4. The van der Waals surface area contributed by atoms with Crippen molar-refractivity contribution in [3.63, 3.8) is 0 Å². The van der Waals surface area contributed by atoms with E-state index in [9.17, 15) is 5.11 Å². The monoisotopic (exact) mass is 474 g/mol. The van der Waals surface area contributed by atoms with Crippen molar-refractivity contribution < 1.29 is 9.76 Å². The van der Waals surface area contributed by atoms with Crippen molar-refractivity contribution in [1.82, 2.24) is 9.55 Å². The fourth-order valence-corrected chi connectivity index (χ4v) is 4.10. The summed E-state index contributed by atoms with van der Waals surface area (Å²) in [5, 5.41) is 10.3. The first-order valence-corrected chi connectivity index (χ1v) is 12.3. The van der Waals surface area contributed by atoms with Crippen molar-refractivity contribution in [2.75, 3.05) is 0 Å². The maximum absolute atomic E-state index is 10.3. The van der Waals surface area contributed by atoms with Gasteiger partial charge in [0, 0.05) is 11.3 Å². The zero-order valence-electron chi connectivity index (χ0n) is 21.3. The second-order valence-electron chi connectivity index (χ2n) is 10.2. The molecule has 0 aliphatic heterocycles. The maximum Gasteiger partial charge on any atom is 0.309 e. The largest absolute Gasteiger partial charge is 0.427 e. The van der Waals surface area contributed by atoms with Crippen molar-refractivity contribution in [3.05, 3.63) is 103 Å². The summed E-state index contributed by atoms with van der Waals surface area (Å²) >= 11 is 0. The summed E-state index contributed by atoms with van der Waals surface area (Å²) in [6.07, 6.45) is 0. The molecule has 0 radical (unpaired) electrons. The number of nitrogens with zero attached hydrogens (tertiary/aromatic N) is 2. The Balaban J connectivity index is 1.40. The highest BCUT2D eigenvalue weighted by atomic mass is 16.5. The number of imidazole rings is 1. The topological polar surface area (TPSA) is 47.3 Å². The standard InChI is InChI=1S/C31H31BN2O2/c1-30(2,35)31(3,4)36-32-25-20-18-23(19-21-25)22-14-16-24(17-15-22)29-33-27-12-8-9-13-28(27)34(29)26-10-6-5-7-11-26/h5-21,32,35H,1-4H3. The molecular formula is C31H31BN2O2. The number of hydrogen-bond donors (Lipinski definition) is 1. The van der Waals surface area contributed by atoms with Crippen molar-refractivity contribution in [3.8, 4) is 28.2 Å². The van der Waals surface area contributed by atoms with Crippen molar-refractivity contribution in [2.24, 2.45) is 0 Å². The van der Waals surface area contributed by atoms with E-state index in [0.29, 0.717) is 7.48 Å². The minimum Gasteiger partial charge on any atom is -0.427 e. The first kappa shape index (κ1) is 24.0. The van der Waals surface area contributed by atoms with Gasteiger partial charge < -0.3 is 9.76 Å². The summed E-state index contributed by atoms with van der Waals surface area (Å²) in [6, 6.07) is 35.6. The Bertz CT molecular complexity index is 1470. The molecule has 0 amide bonds. The van der Waals surface area contributed by atoms with Crippen LogP contribution in [0.5, 0.6) is 0 Å². The third-order valence-corrected chi connectivity index (χ3v) is 7.08. The van der Waals surface area contributed by atoms with Crippen LogP contribution < -0.4 is 5.46 Å². The average Bonchev–Trinajstić information content (AvgIpc) is 3.27. The molecule has 0 saturated carbocycles. The number of fused-ring (bicyclic) bond motifs is 1. The first-order chi connectivity index (χ1) is 17.2. The molecule has 0 aliphatic rings. The van der Waals surface area contributed by atoms with Crippen LogP contribution in [0.25, 0.3) is 39.2 Å². The van der Waals surface area contributed by atoms with E-state index < -0.39 is 11.2 Å². The van der Waals surface area contributed by atoms with Gasteiger partial charge in [-0.15, -0.1) is 0 Å². The van der Waals surface area contributed by atoms with E-state index in [1.807, 2.05) is 26.0 Å². The fourth-order valence-electron chi connectivity index (χ4n) is 4.10. The molecule has 0 saturated heterocycles. The van der Waals surface area contributed by atoms with E-state index in [-0.39, 0.29) is 0 Å². The van der Waals surface area contributed by atoms with Gasteiger partial charge in [0.05, 0.1) is 22.2 Å². The summed E-state index contributed by atoms with van der Waals surface area (Å²) in [7, 11) is 0.450. The van der Waals surface area contributed by atoms with Crippen molar-refractivity contribution >= 4 is 24.0 Å². The third kappa shape index (κ3) is 4.72. The Morgan fingerprint density at radius 2 is 1.25 bits per heavy atom. The molecule has 0 bridgehead atoms. The molecule has 36 heavy (non-hydrogen) atoms. The number of para-hydroxylation sites is 3. The Morgan fingerprint density at radius 1 is 0.694 bits per heavy atom. The van der Waals surface area contributed by atoms with E-state index in [1.54, 1.807) is 13.8 Å². The van der Waals surface area contributed by atoms with Crippen LogP contribution in [0.1, 0.15) is 27.7 Å². The Hall–Kier alpha value is -3.67. The van der Waals surface area contributed by atoms with Gasteiger partial charge in [0.15, 0.2) is 0 Å². The van der Waals surface area contributed by atoms with E-state index in [4.69, 9.17) is 9.64 Å². The molecule has 5 rings (SSSR count). The van der Waals surface area contributed by atoms with Gasteiger partial charge in [0.2, 0.25) is 0 Å². The van der Waals surface area contributed by atoms with Gasteiger partial charge in [0.25, 0.3) is 0 Å². The van der Waals surface area contributed by atoms with Crippen LogP contribution >= 0.6 is 0 Å². The summed E-state index contributed by atoms with van der Waals surface area (Å²) in [5.41, 5.74) is 6.03. The second kappa shape index (κ2) is 9.42. The van der Waals surface area contributed by atoms with Crippen molar-refractivity contribution in [1.29, 1.82) is 0 Å². The molecule has 180 valence electrons. The lowest BCUT2D eigenvalue weighted by Gasteiger charge is -2.37. The van der Waals surface area contributed by atoms with E-state index in [2.05, 4.69) is 95.6 Å². The van der Waals surface area contributed by atoms with Crippen LogP contribution in [0, 0.1) is 0 Å². The van der Waals surface area contributed by atoms with Gasteiger partial charge in [0.1, 0.15) is 5.82 Å². The van der Waals surface area contributed by atoms with Crippen molar-refractivity contribution in [2.45, 2.75) is 38.9 Å². The van der Waals surface area contributed by atoms with Crippen LogP contribution in [0.2, 0.25) is 0 Å². The lowest BCUT2D eigenvalue weighted by atomic mass is 9.82. The van der Waals surface area contributed by atoms with Crippen LogP contribution in [0.3, 0.4) is 0 Å². The molecule has 0 atom stereocenters.